The van der Waals surface area contributed by atoms with Crippen molar-refractivity contribution in [3.8, 4) is 5.75 Å². The first kappa shape index (κ1) is 16.8. The van der Waals surface area contributed by atoms with Crippen molar-refractivity contribution in [1.29, 1.82) is 0 Å². The average Bonchev–Trinajstić information content (AvgIpc) is 3.34. The van der Waals surface area contributed by atoms with Crippen LogP contribution in [-0.4, -0.2) is 47.2 Å². The molecule has 0 radical (unpaired) electrons. The maximum atomic E-state index is 12.3. The predicted octanol–water partition coefficient (Wildman–Crippen LogP) is 2.80. The van der Waals surface area contributed by atoms with Gasteiger partial charge in [-0.3, -0.25) is 9.69 Å². The predicted molar refractivity (Wildman–Crippen MR) is 101 cm³/mol. The molecule has 5 heteroatoms. The molecule has 5 rings (SSSR count). The lowest BCUT2D eigenvalue weighted by Crippen LogP contribution is -2.47. The summed E-state index contributed by atoms with van der Waals surface area (Å²) in [4.78, 5) is 16.7. The first-order chi connectivity index (χ1) is 13.2. The molecule has 3 aliphatic heterocycles. The van der Waals surface area contributed by atoms with Crippen LogP contribution in [0.3, 0.4) is 0 Å². The fraction of sp³-hybridized carbons (Fsp3) is 0.409. The van der Waals surface area contributed by atoms with E-state index >= 15 is 0 Å². The SMILES string of the molecule is O=C1C[C@H]2N(Cc3cccc(OCc4ccccc4)c3)CC[C@]23OCCN13. The van der Waals surface area contributed by atoms with Crippen LogP contribution in [0.5, 0.6) is 5.75 Å². The van der Waals surface area contributed by atoms with E-state index in [4.69, 9.17) is 9.47 Å². The Bertz CT molecular complexity index is 840. The number of benzene rings is 2. The second-order valence-corrected chi connectivity index (χ2v) is 7.60. The Morgan fingerprint density at radius 3 is 2.81 bits per heavy atom. The van der Waals surface area contributed by atoms with Crippen LogP contribution < -0.4 is 4.74 Å². The summed E-state index contributed by atoms with van der Waals surface area (Å²) in [7, 11) is 0. The molecule has 0 saturated carbocycles. The van der Waals surface area contributed by atoms with E-state index in [-0.39, 0.29) is 17.7 Å². The Hall–Kier alpha value is -2.37. The molecule has 1 amide bonds. The first-order valence-electron chi connectivity index (χ1n) is 9.69. The van der Waals surface area contributed by atoms with Gasteiger partial charge in [0.1, 0.15) is 12.4 Å². The Labute approximate surface area is 159 Å². The van der Waals surface area contributed by atoms with Crippen molar-refractivity contribution in [3.05, 3.63) is 65.7 Å². The molecule has 0 N–H and O–H groups in total. The van der Waals surface area contributed by atoms with Crippen molar-refractivity contribution < 1.29 is 14.3 Å². The summed E-state index contributed by atoms with van der Waals surface area (Å²) in [6, 6.07) is 18.6. The van der Waals surface area contributed by atoms with E-state index in [0.29, 0.717) is 19.6 Å². The lowest BCUT2D eigenvalue weighted by molar-refractivity contribution is -0.136. The Balaban J connectivity index is 1.27. The van der Waals surface area contributed by atoms with Crippen molar-refractivity contribution >= 4 is 5.91 Å². The molecule has 2 aromatic rings. The standard InChI is InChI=1S/C22H24N2O3/c25-21-14-20-22(24(21)11-12-27-22)9-10-23(20)15-18-7-4-8-19(13-18)26-16-17-5-2-1-3-6-17/h1-8,13,20H,9-12,14-16H2/t20-,22+/m1/s1. The van der Waals surface area contributed by atoms with Crippen LogP contribution in [-0.2, 0) is 22.7 Å². The summed E-state index contributed by atoms with van der Waals surface area (Å²) < 4.78 is 12.0. The molecule has 3 heterocycles. The van der Waals surface area contributed by atoms with E-state index in [2.05, 4.69) is 29.2 Å². The normalized spacial score (nSPS) is 27.0. The molecule has 0 aromatic heterocycles. The third kappa shape index (κ3) is 2.91. The minimum absolute atomic E-state index is 0.168. The zero-order chi connectivity index (χ0) is 18.3. The van der Waals surface area contributed by atoms with Gasteiger partial charge in [-0.25, -0.2) is 0 Å². The summed E-state index contributed by atoms with van der Waals surface area (Å²) in [6.45, 7) is 3.75. The highest BCUT2D eigenvalue weighted by atomic mass is 16.5. The van der Waals surface area contributed by atoms with Crippen molar-refractivity contribution in [2.45, 2.75) is 37.8 Å². The van der Waals surface area contributed by atoms with Crippen LogP contribution in [0.15, 0.2) is 54.6 Å². The second kappa shape index (κ2) is 6.66. The van der Waals surface area contributed by atoms with Gasteiger partial charge in [0.15, 0.2) is 5.72 Å². The molecule has 140 valence electrons. The fourth-order valence-electron chi connectivity index (χ4n) is 4.77. The maximum absolute atomic E-state index is 12.3. The lowest BCUT2D eigenvalue weighted by atomic mass is 10.1. The molecule has 2 atom stereocenters. The largest absolute Gasteiger partial charge is 0.489 e. The molecular weight excluding hydrogens is 340 g/mol. The van der Waals surface area contributed by atoms with Gasteiger partial charge in [-0.2, -0.15) is 0 Å². The average molecular weight is 364 g/mol. The molecule has 1 spiro atoms. The third-order valence-corrected chi connectivity index (χ3v) is 6.04. The monoisotopic (exact) mass is 364 g/mol. The lowest BCUT2D eigenvalue weighted by Gasteiger charge is -2.31. The molecular formula is C22H24N2O3. The number of amides is 1. The molecule has 0 unspecified atom stereocenters. The highest BCUT2D eigenvalue weighted by Crippen LogP contribution is 2.45. The highest BCUT2D eigenvalue weighted by molar-refractivity contribution is 5.81. The van der Waals surface area contributed by atoms with E-state index in [1.54, 1.807) is 0 Å². The summed E-state index contributed by atoms with van der Waals surface area (Å²) in [5, 5.41) is 0. The third-order valence-electron chi connectivity index (χ3n) is 6.04. The smallest absolute Gasteiger partial charge is 0.226 e. The van der Waals surface area contributed by atoms with E-state index in [0.717, 1.165) is 37.4 Å². The number of likely N-dealkylation sites (tertiary alicyclic amines) is 1. The Kier molecular flexibility index (Phi) is 4.14. The fourth-order valence-corrected chi connectivity index (χ4v) is 4.77. The van der Waals surface area contributed by atoms with Gasteiger partial charge in [-0.15, -0.1) is 0 Å². The number of rotatable bonds is 5. The molecule has 2 aromatic carbocycles. The number of carbonyl (C=O) groups is 1. The minimum atomic E-state index is -0.363. The van der Waals surface area contributed by atoms with Gasteiger partial charge in [0.25, 0.3) is 0 Å². The summed E-state index contributed by atoms with van der Waals surface area (Å²) >= 11 is 0. The van der Waals surface area contributed by atoms with Gasteiger partial charge >= 0.3 is 0 Å². The summed E-state index contributed by atoms with van der Waals surface area (Å²) in [5.41, 5.74) is 2.01. The summed E-state index contributed by atoms with van der Waals surface area (Å²) in [5.74, 6) is 1.12. The van der Waals surface area contributed by atoms with E-state index in [9.17, 15) is 4.79 Å². The molecule has 5 nitrogen and oxygen atoms in total. The number of nitrogens with zero attached hydrogens (tertiary/aromatic N) is 2. The number of hydrogen-bond donors (Lipinski definition) is 0. The molecule has 0 bridgehead atoms. The van der Waals surface area contributed by atoms with Crippen molar-refractivity contribution in [1.82, 2.24) is 9.80 Å². The Morgan fingerprint density at radius 2 is 1.93 bits per heavy atom. The highest BCUT2D eigenvalue weighted by Gasteiger charge is 2.61. The summed E-state index contributed by atoms with van der Waals surface area (Å²) in [6.07, 6.45) is 1.48. The quantitative estimate of drug-likeness (QED) is 0.818. The van der Waals surface area contributed by atoms with Crippen LogP contribution in [0.1, 0.15) is 24.0 Å². The van der Waals surface area contributed by atoms with Crippen LogP contribution in [0.25, 0.3) is 0 Å². The van der Waals surface area contributed by atoms with Gasteiger partial charge in [-0.1, -0.05) is 42.5 Å². The van der Waals surface area contributed by atoms with Crippen molar-refractivity contribution in [3.63, 3.8) is 0 Å². The molecule has 3 saturated heterocycles. The maximum Gasteiger partial charge on any atom is 0.226 e. The van der Waals surface area contributed by atoms with Crippen molar-refractivity contribution in [2.24, 2.45) is 0 Å². The van der Waals surface area contributed by atoms with Gasteiger partial charge in [0.2, 0.25) is 5.91 Å². The first-order valence-corrected chi connectivity index (χ1v) is 9.69. The van der Waals surface area contributed by atoms with Gasteiger partial charge in [0, 0.05) is 32.5 Å². The van der Waals surface area contributed by atoms with E-state index < -0.39 is 0 Å². The number of hydrogen-bond acceptors (Lipinski definition) is 4. The van der Waals surface area contributed by atoms with E-state index in [1.165, 1.54) is 5.56 Å². The van der Waals surface area contributed by atoms with Gasteiger partial charge < -0.3 is 14.4 Å². The zero-order valence-corrected chi connectivity index (χ0v) is 15.3. The zero-order valence-electron chi connectivity index (χ0n) is 15.3. The van der Waals surface area contributed by atoms with Crippen LogP contribution >= 0.6 is 0 Å². The van der Waals surface area contributed by atoms with Gasteiger partial charge in [0.05, 0.1) is 12.6 Å². The molecule has 27 heavy (non-hydrogen) atoms. The molecule has 3 aliphatic rings. The van der Waals surface area contributed by atoms with Crippen molar-refractivity contribution in [2.75, 3.05) is 19.7 Å². The topological polar surface area (TPSA) is 42.0 Å². The number of ether oxygens (including phenoxy) is 2. The minimum Gasteiger partial charge on any atom is -0.489 e. The van der Waals surface area contributed by atoms with Gasteiger partial charge in [-0.05, 0) is 23.3 Å². The second-order valence-electron chi connectivity index (χ2n) is 7.60. The molecule has 0 aliphatic carbocycles. The van der Waals surface area contributed by atoms with E-state index in [1.807, 2.05) is 35.2 Å². The molecule has 3 fully saturated rings. The number of carbonyl (C=O) groups excluding carboxylic acids is 1. The van der Waals surface area contributed by atoms with Crippen LogP contribution in [0, 0.1) is 0 Å². The van der Waals surface area contributed by atoms with Crippen LogP contribution in [0.2, 0.25) is 0 Å². The van der Waals surface area contributed by atoms with Crippen LogP contribution in [0.4, 0.5) is 0 Å². The Morgan fingerprint density at radius 1 is 1.07 bits per heavy atom.